The normalized spacial score (nSPS) is 21.1. The summed E-state index contributed by atoms with van der Waals surface area (Å²) in [6.45, 7) is 4.39. The molecule has 0 atom stereocenters. The highest BCUT2D eigenvalue weighted by Gasteiger charge is 2.31. The van der Waals surface area contributed by atoms with E-state index in [0.717, 1.165) is 89.1 Å². The molecule has 2 aliphatic rings. The van der Waals surface area contributed by atoms with Crippen molar-refractivity contribution in [3.63, 3.8) is 0 Å². The number of hydrogen-bond acceptors (Lipinski definition) is 4. The first kappa shape index (κ1) is 29.9. The standard InChI is InChI=1S/C28H34F4N4O.ClH/c29-24-8-2-21(3-9-24)6-13-27(37)34-25-10-4-22(5-11-25)14-17-35-15-1-16-36(19-18-35)26-12-7-23(20-33-26)28(30,31)32;/h2-3,6-9,12-13,20,22,25H,1,4-5,10-11,14-19H2,(H,34,37);1H/b13-6+;. The quantitative estimate of drug-likeness (QED) is 0.339. The second-order valence-corrected chi connectivity index (χ2v) is 9.98. The maximum atomic E-state index is 13.0. The number of amides is 1. The fourth-order valence-corrected chi connectivity index (χ4v) is 5.12. The van der Waals surface area contributed by atoms with Crippen LogP contribution in [0.15, 0.2) is 48.7 Å². The highest BCUT2D eigenvalue weighted by Crippen LogP contribution is 2.30. The molecule has 0 unspecified atom stereocenters. The highest BCUT2D eigenvalue weighted by molar-refractivity contribution is 5.91. The Hall–Kier alpha value is -2.65. The van der Waals surface area contributed by atoms with E-state index in [4.69, 9.17) is 0 Å². The van der Waals surface area contributed by atoms with Crippen LogP contribution in [0.2, 0.25) is 0 Å². The van der Waals surface area contributed by atoms with E-state index in [1.165, 1.54) is 24.3 Å². The molecule has 2 aromatic rings. The highest BCUT2D eigenvalue weighted by atomic mass is 35.5. The number of alkyl halides is 3. The minimum Gasteiger partial charge on any atom is -0.355 e. The molecule has 38 heavy (non-hydrogen) atoms. The molecule has 5 nitrogen and oxygen atoms in total. The maximum Gasteiger partial charge on any atom is 0.417 e. The van der Waals surface area contributed by atoms with Gasteiger partial charge >= 0.3 is 6.18 Å². The van der Waals surface area contributed by atoms with Crippen molar-refractivity contribution in [2.24, 2.45) is 5.92 Å². The van der Waals surface area contributed by atoms with Gasteiger partial charge in [-0.05, 0) is 93.4 Å². The number of hydrogen-bond donors (Lipinski definition) is 1. The summed E-state index contributed by atoms with van der Waals surface area (Å²) in [5.74, 6) is 0.817. The lowest BCUT2D eigenvalue weighted by molar-refractivity contribution is -0.137. The smallest absolute Gasteiger partial charge is 0.355 e. The molecular formula is C28H35ClF4N4O. The summed E-state index contributed by atoms with van der Waals surface area (Å²) in [6, 6.07) is 8.77. The fraction of sp³-hybridized carbons (Fsp3) is 0.500. The SMILES string of the molecule is Cl.O=C(/C=C/c1ccc(F)cc1)NC1CCC(CCN2CCCN(c3ccc(C(F)(F)F)cn3)CC2)CC1. The van der Waals surface area contributed by atoms with E-state index >= 15 is 0 Å². The molecule has 1 N–H and O–H groups in total. The Kier molecular flexibility index (Phi) is 11.0. The second kappa shape index (κ2) is 13.9. The van der Waals surface area contributed by atoms with Crippen LogP contribution in [0.4, 0.5) is 23.4 Å². The largest absolute Gasteiger partial charge is 0.417 e. The lowest BCUT2D eigenvalue weighted by Crippen LogP contribution is -2.37. The predicted octanol–water partition coefficient (Wildman–Crippen LogP) is 5.95. The third-order valence-corrected chi connectivity index (χ3v) is 7.33. The molecular weight excluding hydrogens is 520 g/mol. The molecule has 208 valence electrons. The van der Waals surface area contributed by atoms with Gasteiger partial charge in [0.05, 0.1) is 5.56 Å². The molecule has 0 spiro atoms. The first-order valence-electron chi connectivity index (χ1n) is 13.0. The number of carbonyl (C=O) groups excluding carboxylic acids is 1. The van der Waals surface area contributed by atoms with Crippen molar-refractivity contribution < 1.29 is 22.4 Å². The topological polar surface area (TPSA) is 48.5 Å². The zero-order chi connectivity index (χ0) is 26.3. The van der Waals surface area contributed by atoms with Crippen LogP contribution in [-0.2, 0) is 11.0 Å². The van der Waals surface area contributed by atoms with Crippen molar-refractivity contribution in [1.82, 2.24) is 15.2 Å². The van der Waals surface area contributed by atoms with Gasteiger partial charge in [0.2, 0.25) is 5.91 Å². The third kappa shape index (κ3) is 8.98. The van der Waals surface area contributed by atoms with E-state index in [2.05, 4.69) is 20.1 Å². The van der Waals surface area contributed by atoms with Gasteiger partial charge in [0.1, 0.15) is 11.6 Å². The van der Waals surface area contributed by atoms with E-state index < -0.39 is 11.7 Å². The van der Waals surface area contributed by atoms with Crippen molar-refractivity contribution >= 4 is 30.2 Å². The number of rotatable bonds is 7. The Labute approximate surface area is 227 Å². The number of halogens is 5. The lowest BCUT2D eigenvalue weighted by atomic mass is 9.84. The summed E-state index contributed by atoms with van der Waals surface area (Å²) in [5.41, 5.74) is 0.0657. The van der Waals surface area contributed by atoms with Crippen LogP contribution < -0.4 is 10.2 Å². The van der Waals surface area contributed by atoms with Gasteiger partial charge in [-0.1, -0.05) is 12.1 Å². The molecule has 1 aliphatic carbocycles. The first-order chi connectivity index (χ1) is 17.8. The number of pyridine rings is 1. The molecule has 1 amide bonds. The number of aromatic nitrogens is 1. The van der Waals surface area contributed by atoms with Crippen LogP contribution in [-0.4, -0.2) is 54.6 Å². The van der Waals surface area contributed by atoms with Crippen molar-refractivity contribution in [3.8, 4) is 0 Å². The number of anilines is 1. The Balaban J connectivity index is 0.00000400. The van der Waals surface area contributed by atoms with Crippen LogP contribution in [0, 0.1) is 11.7 Å². The molecule has 0 bridgehead atoms. The summed E-state index contributed by atoms with van der Waals surface area (Å²) in [7, 11) is 0. The molecule has 4 rings (SSSR count). The zero-order valence-corrected chi connectivity index (χ0v) is 22.1. The maximum absolute atomic E-state index is 13.0. The van der Waals surface area contributed by atoms with Crippen LogP contribution in [0.5, 0.6) is 0 Å². The number of benzene rings is 1. The van der Waals surface area contributed by atoms with Crippen molar-refractivity contribution in [1.29, 1.82) is 0 Å². The number of nitrogens with zero attached hydrogens (tertiary/aromatic N) is 3. The molecule has 0 radical (unpaired) electrons. The van der Waals surface area contributed by atoms with E-state index in [1.54, 1.807) is 18.2 Å². The Morgan fingerprint density at radius 3 is 2.39 bits per heavy atom. The third-order valence-electron chi connectivity index (χ3n) is 7.33. The van der Waals surface area contributed by atoms with E-state index in [1.807, 2.05) is 0 Å². The molecule has 2 fully saturated rings. The molecule has 2 heterocycles. The Morgan fingerprint density at radius 2 is 1.74 bits per heavy atom. The zero-order valence-electron chi connectivity index (χ0n) is 21.3. The van der Waals surface area contributed by atoms with Crippen molar-refractivity contribution in [3.05, 3.63) is 65.6 Å². The van der Waals surface area contributed by atoms with Gasteiger partial charge in [-0.3, -0.25) is 4.79 Å². The number of nitrogens with one attached hydrogen (secondary N) is 1. The van der Waals surface area contributed by atoms with Gasteiger partial charge in [-0.2, -0.15) is 13.2 Å². The van der Waals surface area contributed by atoms with E-state index in [-0.39, 0.29) is 30.2 Å². The van der Waals surface area contributed by atoms with Gasteiger partial charge < -0.3 is 15.1 Å². The van der Waals surface area contributed by atoms with Crippen molar-refractivity contribution in [2.45, 2.75) is 50.7 Å². The van der Waals surface area contributed by atoms with Gasteiger partial charge in [0.15, 0.2) is 0 Å². The van der Waals surface area contributed by atoms with Crippen LogP contribution in [0.25, 0.3) is 6.08 Å². The minimum absolute atomic E-state index is 0. The first-order valence-corrected chi connectivity index (χ1v) is 13.0. The molecule has 1 aromatic heterocycles. The monoisotopic (exact) mass is 554 g/mol. The average molecular weight is 555 g/mol. The van der Waals surface area contributed by atoms with Crippen LogP contribution in [0.3, 0.4) is 0 Å². The van der Waals surface area contributed by atoms with Gasteiger partial charge in [0.25, 0.3) is 0 Å². The summed E-state index contributed by atoms with van der Waals surface area (Å²) < 4.78 is 51.4. The van der Waals surface area contributed by atoms with Gasteiger partial charge in [0, 0.05) is 37.9 Å². The molecule has 1 saturated carbocycles. The Morgan fingerprint density at radius 1 is 1.00 bits per heavy atom. The summed E-state index contributed by atoms with van der Waals surface area (Å²) in [4.78, 5) is 20.8. The molecule has 1 aliphatic heterocycles. The average Bonchev–Trinajstić information content (AvgIpc) is 3.13. The van der Waals surface area contributed by atoms with Crippen LogP contribution in [0.1, 0.15) is 49.7 Å². The predicted molar refractivity (Wildman–Crippen MR) is 144 cm³/mol. The number of carbonyl (C=O) groups is 1. The summed E-state index contributed by atoms with van der Waals surface area (Å²) >= 11 is 0. The Bertz CT molecular complexity index is 1040. The summed E-state index contributed by atoms with van der Waals surface area (Å²) in [5, 5.41) is 3.08. The van der Waals surface area contributed by atoms with E-state index in [0.29, 0.717) is 11.7 Å². The lowest BCUT2D eigenvalue weighted by Gasteiger charge is -2.30. The molecule has 1 saturated heterocycles. The molecule has 1 aromatic carbocycles. The fourth-order valence-electron chi connectivity index (χ4n) is 5.12. The van der Waals surface area contributed by atoms with Gasteiger partial charge in [-0.25, -0.2) is 9.37 Å². The summed E-state index contributed by atoms with van der Waals surface area (Å²) in [6.07, 6.45) is 5.91. The second-order valence-electron chi connectivity index (χ2n) is 9.98. The van der Waals surface area contributed by atoms with Crippen molar-refractivity contribution in [2.75, 3.05) is 37.6 Å². The molecule has 10 heteroatoms. The minimum atomic E-state index is -4.37. The van der Waals surface area contributed by atoms with Crippen LogP contribution >= 0.6 is 12.4 Å². The van der Waals surface area contributed by atoms with E-state index in [9.17, 15) is 22.4 Å². The van der Waals surface area contributed by atoms with Gasteiger partial charge in [-0.15, -0.1) is 12.4 Å².